The molecule has 0 heterocycles. The SMILES string of the molecule is CC/C=C\C/C=C\C/C=C\C/C=C\CCCCC(=O)OC[C@H](COP(=O)(O)OCCN)OC(=O)CCCCCCCCC/C=C\CCCCCCCC. The molecule has 0 rings (SSSR count). The first-order chi connectivity index (χ1) is 25.8. The summed E-state index contributed by atoms with van der Waals surface area (Å²) in [6.45, 7) is 3.55. The van der Waals surface area contributed by atoms with Crippen LogP contribution in [0.15, 0.2) is 60.8 Å². The normalized spacial score (nSPS) is 14.0. The molecule has 1 unspecified atom stereocenters. The summed E-state index contributed by atoms with van der Waals surface area (Å²) in [5, 5.41) is 0. The van der Waals surface area contributed by atoms with Gasteiger partial charge in [0, 0.05) is 19.4 Å². The summed E-state index contributed by atoms with van der Waals surface area (Å²) in [5.41, 5.74) is 5.34. The fourth-order valence-corrected chi connectivity index (χ4v) is 6.09. The van der Waals surface area contributed by atoms with Crippen LogP contribution in [0.1, 0.15) is 168 Å². The van der Waals surface area contributed by atoms with Crippen molar-refractivity contribution in [2.45, 2.75) is 174 Å². The van der Waals surface area contributed by atoms with Crippen LogP contribution in [0.2, 0.25) is 0 Å². The summed E-state index contributed by atoms with van der Waals surface area (Å²) in [4.78, 5) is 34.8. The molecule has 0 aromatic rings. The van der Waals surface area contributed by atoms with Gasteiger partial charge in [-0.3, -0.25) is 18.6 Å². The predicted molar refractivity (Wildman–Crippen MR) is 219 cm³/mol. The maximum absolute atomic E-state index is 12.6. The molecule has 0 bridgehead atoms. The zero-order valence-electron chi connectivity index (χ0n) is 33.5. The maximum Gasteiger partial charge on any atom is 0.472 e. The van der Waals surface area contributed by atoms with Gasteiger partial charge in [-0.05, 0) is 77.0 Å². The second-order valence-corrected chi connectivity index (χ2v) is 14.9. The third-order valence-corrected chi connectivity index (χ3v) is 9.37. The number of carbonyl (C=O) groups is 2. The second-order valence-electron chi connectivity index (χ2n) is 13.5. The van der Waals surface area contributed by atoms with Gasteiger partial charge in [0.05, 0.1) is 13.2 Å². The van der Waals surface area contributed by atoms with E-state index < -0.39 is 32.5 Å². The summed E-state index contributed by atoms with van der Waals surface area (Å²) in [7, 11) is -4.39. The van der Waals surface area contributed by atoms with Crippen LogP contribution < -0.4 is 5.73 Å². The van der Waals surface area contributed by atoms with Gasteiger partial charge in [0.15, 0.2) is 6.10 Å². The van der Waals surface area contributed by atoms with E-state index in [2.05, 4.69) is 74.6 Å². The molecular formula is C43H76NO8P. The van der Waals surface area contributed by atoms with Gasteiger partial charge < -0.3 is 20.1 Å². The minimum absolute atomic E-state index is 0.0446. The van der Waals surface area contributed by atoms with E-state index in [-0.39, 0.29) is 32.6 Å². The molecule has 9 nitrogen and oxygen atoms in total. The van der Waals surface area contributed by atoms with Crippen molar-refractivity contribution in [3.63, 3.8) is 0 Å². The average Bonchev–Trinajstić information content (AvgIpc) is 3.14. The van der Waals surface area contributed by atoms with E-state index in [1.54, 1.807) is 0 Å². The third-order valence-electron chi connectivity index (χ3n) is 8.39. The molecule has 0 spiro atoms. The average molecular weight is 766 g/mol. The molecular weight excluding hydrogens is 689 g/mol. The number of nitrogens with two attached hydrogens (primary N) is 1. The first kappa shape index (κ1) is 50.7. The number of esters is 2. The van der Waals surface area contributed by atoms with E-state index >= 15 is 0 Å². The van der Waals surface area contributed by atoms with E-state index in [1.165, 1.54) is 64.2 Å². The molecule has 0 saturated heterocycles. The van der Waals surface area contributed by atoms with E-state index in [0.717, 1.165) is 64.2 Å². The molecule has 0 amide bonds. The van der Waals surface area contributed by atoms with Crippen LogP contribution in [0, 0.1) is 0 Å². The van der Waals surface area contributed by atoms with E-state index in [4.69, 9.17) is 24.3 Å². The Kier molecular flexibility index (Phi) is 37.7. The Labute approximate surface area is 323 Å². The Bertz CT molecular complexity index is 1050. The van der Waals surface area contributed by atoms with Gasteiger partial charge in [-0.15, -0.1) is 0 Å². The van der Waals surface area contributed by atoms with E-state index in [9.17, 15) is 19.0 Å². The molecule has 0 aliphatic carbocycles. The molecule has 2 atom stereocenters. The Balaban J connectivity index is 4.25. The van der Waals surface area contributed by atoms with Crippen LogP contribution in [0.3, 0.4) is 0 Å². The van der Waals surface area contributed by atoms with Gasteiger partial charge in [0.25, 0.3) is 0 Å². The minimum atomic E-state index is -4.39. The van der Waals surface area contributed by atoms with Crippen molar-refractivity contribution in [1.82, 2.24) is 0 Å². The van der Waals surface area contributed by atoms with Crippen molar-refractivity contribution in [1.29, 1.82) is 0 Å². The first-order valence-corrected chi connectivity index (χ1v) is 22.3. The first-order valence-electron chi connectivity index (χ1n) is 20.8. The molecule has 0 aliphatic heterocycles. The number of carbonyl (C=O) groups excluding carboxylic acids is 2. The standard InChI is InChI=1S/C43H76NO8P/c1-3-5-7-9-11-13-15-17-19-20-22-24-26-28-30-32-34-36-43(46)52-41(40-51-53(47,48)50-38-37-44)39-49-42(45)35-33-31-29-27-25-23-21-18-16-14-12-10-8-6-4-2/h6,8,12,14,17-19,21,25,27,41H,3-5,7,9-11,13,15-16,20,22-24,26,28-40,44H2,1-2H3,(H,47,48)/b8-6-,14-12-,19-17-,21-18-,27-25-/t41-/m1/s1. The molecule has 10 heteroatoms. The Hall–Kier alpha value is -2.29. The van der Waals surface area contributed by atoms with Crippen molar-refractivity contribution < 1.29 is 37.6 Å². The number of phosphoric acid groups is 1. The van der Waals surface area contributed by atoms with Crippen LogP contribution >= 0.6 is 7.82 Å². The number of unbranched alkanes of at least 4 members (excludes halogenated alkanes) is 15. The van der Waals surface area contributed by atoms with Crippen LogP contribution in [0.5, 0.6) is 0 Å². The Morgan fingerprint density at radius 1 is 0.585 bits per heavy atom. The summed E-state index contributed by atoms with van der Waals surface area (Å²) in [5.74, 6) is -0.886. The van der Waals surface area contributed by atoms with E-state index in [1.807, 2.05) is 0 Å². The molecule has 0 saturated carbocycles. The van der Waals surface area contributed by atoms with Crippen molar-refractivity contribution in [2.24, 2.45) is 5.73 Å². The molecule has 0 fully saturated rings. The van der Waals surface area contributed by atoms with Crippen molar-refractivity contribution >= 4 is 19.8 Å². The quantitative estimate of drug-likeness (QED) is 0.0272. The van der Waals surface area contributed by atoms with E-state index in [0.29, 0.717) is 12.8 Å². The van der Waals surface area contributed by atoms with Crippen molar-refractivity contribution in [3.05, 3.63) is 60.8 Å². The van der Waals surface area contributed by atoms with Crippen LogP contribution in [-0.2, 0) is 32.7 Å². The number of allylic oxidation sites excluding steroid dienone is 10. The van der Waals surface area contributed by atoms with Gasteiger partial charge in [0.1, 0.15) is 6.61 Å². The number of rotatable bonds is 38. The minimum Gasteiger partial charge on any atom is -0.462 e. The molecule has 3 N–H and O–H groups in total. The van der Waals surface area contributed by atoms with Gasteiger partial charge in [-0.2, -0.15) is 0 Å². The smallest absolute Gasteiger partial charge is 0.462 e. The molecule has 53 heavy (non-hydrogen) atoms. The molecule has 306 valence electrons. The molecule has 0 aliphatic rings. The van der Waals surface area contributed by atoms with Gasteiger partial charge in [-0.25, -0.2) is 4.57 Å². The number of hydrogen-bond donors (Lipinski definition) is 2. The fourth-order valence-electron chi connectivity index (χ4n) is 5.32. The Morgan fingerprint density at radius 2 is 1.04 bits per heavy atom. The lowest BCUT2D eigenvalue weighted by molar-refractivity contribution is -0.161. The van der Waals surface area contributed by atoms with Crippen molar-refractivity contribution in [2.75, 3.05) is 26.4 Å². The zero-order valence-corrected chi connectivity index (χ0v) is 34.4. The summed E-state index contributed by atoms with van der Waals surface area (Å²) in [6.07, 6.45) is 45.4. The highest BCUT2D eigenvalue weighted by atomic mass is 31.2. The topological polar surface area (TPSA) is 134 Å². The highest BCUT2D eigenvalue weighted by Crippen LogP contribution is 2.43. The lowest BCUT2D eigenvalue weighted by atomic mass is 10.1. The molecule has 0 radical (unpaired) electrons. The summed E-state index contributed by atoms with van der Waals surface area (Å²) in [6, 6.07) is 0. The van der Waals surface area contributed by atoms with Gasteiger partial charge in [-0.1, -0.05) is 139 Å². The number of phosphoric ester groups is 1. The lowest BCUT2D eigenvalue weighted by Gasteiger charge is -2.19. The molecule has 0 aromatic heterocycles. The lowest BCUT2D eigenvalue weighted by Crippen LogP contribution is -2.29. The molecule has 0 aromatic carbocycles. The third kappa shape index (κ3) is 39.2. The second kappa shape index (κ2) is 39.4. The van der Waals surface area contributed by atoms with Gasteiger partial charge >= 0.3 is 19.8 Å². The maximum atomic E-state index is 12.6. The van der Waals surface area contributed by atoms with Crippen molar-refractivity contribution in [3.8, 4) is 0 Å². The van der Waals surface area contributed by atoms with Crippen LogP contribution in [0.25, 0.3) is 0 Å². The number of hydrogen-bond acceptors (Lipinski definition) is 8. The summed E-state index contributed by atoms with van der Waals surface area (Å²) < 4.78 is 32.7. The largest absolute Gasteiger partial charge is 0.472 e. The van der Waals surface area contributed by atoms with Gasteiger partial charge in [0.2, 0.25) is 0 Å². The monoisotopic (exact) mass is 766 g/mol. The van der Waals surface area contributed by atoms with Crippen LogP contribution in [-0.4, -0.2) is 49.3 Å². The fraction of sp³-hybridized carbons (Fsp3) is 0.721. The number of ether oxygens (including phenoxy) is 2. The van der Waals surface area contributed by atoms with Crippen LogP contribution in [0.4, 0.5) is 0 Å². The Morgan fingerprint density at radius 3 is 1.60 bits per heavy atom. The predicted octanol–water partition coefficient (Wildman–Crippen LogP) is 11.7. The zero-order chi connectivity index (χ0) is 38.9. The highest BCUT2D eigenvalue weighted by Gasteiger charge is 2.25. The summed E-state index contributed by atoms with van der Waals surface area (Å²) >= 11 is 0. The highest BCUT2D eigenvalue weighted by molar-refractivity contribution is 7.47.